The number of hydrogen-bond donors (Lipinski definition) is 0. The summed E-state index contributed by atoms with van der Waals surface area (Å²) in [4.78, 5) is 22.3. The minimum atomic E-state index is -0.0432. The zero-order valence-corrected chi connectivity index (χ0v) is 19.6. The molecule has 0 fully saturated rings. The number of benzene rings is 1. The summed E-state index contributed by atoms with van der Waals surface area (Å²) in [5.41, 5.74) is 3.98. The highest BCUT2D eigenvalue weighted by molar-refractivity contribution is 7.22. The van der Waals surface area contributed by atoms with E-state index in [-0.39, 0.29) is 24.4 Å². The molecule has 0 aliphatic rings. The van der Waals surface area contributed by atoms with Gasteiger partial charge in [-0.25, -0.2) is 4.98 Å². The van der Waals surface area contributed by atoms with E-state index in [1.54, 1.807) is 28.3 Å². The molecule has 2 aromatic heterocycles. The van der Waals surface area contributed by atoms with Crippen molar-refractivity contribution in [1.29, 1.82) is 0 Å². The van der Waals surface area contributed by atoms with Gasteiger partial charge in [0.1, 0.15) is 5.69 Å². The Balaban J connectivity index is 0.00000300. The van der Waals surface area contributed by atoms with E-state index in [1.165, 1.54) is 11.1 Å². The smallest absolute Gasteiger partial charge is 0.278 e. The predicted octanol–water partition coefficient (Wildman–Crippen LogP) is 4.71. The molecule has 0 unspecified atom stereocenters. The van der Waals surface area contributed by atoms with Gasteiger partial charge in [0.05, 0.1) is 10.2 Å². The second-order valence-corrected chi connectivity index (χ2v) is 8.73. The average molecular weight is 436 g/mol. The summed E-state index contributed by atoms with van der Waals surface area (Å²) in [5.74, 6) is -0.0432. The van der Waals surface area contributed by atoms with Crippen molar-refractivity contribution < 1.29 is 4.79 Å². The number of carbonyl (C=O) groups is 1. The van der Waals surface area contributed by atoms with E-state index in [9.17, 15) is 4.79 Å². The van der Waals surface area contributed by atoms with Crippen LogP contribution in [0, 0.1) is 13.8 Å². The van der Waals surface area contributed by atoms with Gasteiger partial charge in [-0.15, -0.1) is 12.4 Å². The molecule has 0 radical (unpaired) electrons. The van der Waals surface area contributed by atoms with Crippen LogP contribution in [0.3, 0.4) is 0 Å². The fourth-order valence-corrected chi connectivity index (χ4v) is 4.24. The van der Waals surface area contributed by atoms with Crippen molar-refractivity contribution in [3.05, 3.63) is 41.2 Å². The Morgan fingerprint density at radius 3 is 2.55 bits per heavy atom. The summed E-state index contributed by atoms with van der Waals surface area (Å²) in [6.45, 7) is 9.78. The van der Waals surface area contributed by atoms with E-state index >= 15 is 0 Å². The highest BCUT2D eigenvalue weighted by atomic mass is 35.5. The maximum absolute atomic E-state index is 13.5. The Hall–Kier alpha value is -1.96. The quantitative estimate of drug-likeness (QED) is 0.539. The van der Waals surface area contributed by atoms with Crippen molar-refractivity contribution >= 4 is 45.0 Å². The first-order valence-corrected chi connectivity index (χ1v) is 10.5. The van der Waals surface area contributed by atoms with Gasteiger partial charge in [0.15, 0.2) is 5.13 Å². The van der Waals surface area contributed by atoms with Crippen molar-refractivity contribution in [2.24, 2.45) is 0 Å². The number of carbonyl (C=O) groups excluding carboxylic acids is 1. The number of thiazole rings is 1. The standard InChI is InChI=1S/C21H29N5OS.ClH/c1-14(2)26-17(10-11-22-26)20(27)25(13-7-12-24(5)6)21-23-19-16(4)15(3)8-9-18(19)28-21;/h8-11,14H,7,12-13H2,1-6H3;1H. The Morgan fingerprint density at radius 1 is 1.17 bits per heavy atom. The summed E-state index contributed by atoms with van der Waals surface area (Å²) in [5, 5.41) is 5.09. The van der Waals surface area contributed by atoms with Crippen LogP contribution in [0.2, 0.25) is 0 Å². The first-order valence-electron chi connectivity index (χ1n) is 9.66. The number of aryl methyl sites for hydroxylation is 2. The molecule has 0 N–H and O–H groups in total. The first kappa shape index (κ1) is 23.3. The van der Waals surface area contributed by atoms with Gasteiger partial charge in [0.25, 0.3) is 5.91 Å². The normalized spacial score (nSPS) is 11.3. The molecule has 158 valence electrons. The van der Waals surface area contributed by atoms with Crippen LogP contribution in [-0.2, 0) is 0 Å². The number of halogens is 1. The van der Waals surface area contributed by atoms with Crippen molar-refractivity contribution in [1.82, 2.24) is 19.7 Å². The van der Waals surface area contributed by atoms with Gasteiger partial charge < -0.3 is 4.90 Å². The molecule has 2 heterocycles. The lowest BCUT2D eigenvalue weighted by atomic mass is 10.1. The Morgan fingerprint density at radius 2 is 1.90 bits per heavy atom. The molecule has 0 aliphatic heterocycles. The van der Waals surface area contributed by atoms with E-state index in [2.05, 4.69) is 36.0 Å². The van der Waals surface area contributed by atoms with E-state index in [0.29, 0.717) is 12.2 Å². The Kier molecular flexibility index (Phi) is 7.80. The fourth-order valence-electron chi connectivity index (χ4n) is 3.19. The topological polar surface area (TPSA) is 54.3 Å². The van der Waals surface area contributed by atoms with Gasteiger partial charge in [-0.05, 0) is 78.0 Å². The van der Waals surface area contributed by atoms with Gasteiger partial charge in [-0.1, -0.05) is 17.4 Å². The van der Waals surface area contributed by atoms with Crippen LogP contribution in [0.5, 0.6) is 0 Å². The van der Waals surface area contributed by atoms with Crippen LogP contribution < -0.4 is 4.90 Å². The fraction of sp³-hybridized carbons (Fsp3) is 0.476. The Bertz CT molecular complexity index is 979. The zero-order chi connectivity index (χ0) is 20.4. The third-order valence-corrected chi connectivity index (χ3v) is 5.96. The van der Waals surface area contributed by atoms with Crippen LogP contribution in [0.1, 0.15) is 47.9 Å². The maximum Gasteiger partial charge on any atom is 0.278 e. The monoisotopic (exact) mass is 435 g/mol. The number of hydrogen-bond acceptors (Lipinski definition) is 5. The molecule has 6 nitrogen and oxygen atoms in total. The molecule has 1 amide bonds. The molecule has 3 rings (SSSR count). The second-order valence-electron chi connectivity index (χ2n) is 7.72. The molecule has 29 heavy (non-hydrogen) atoms. The van der Waals surface area contributed by atoms with E-state index in [4.69, 9.17) is 4.98 Å². The zero-order valence-electron chi connectivity index (χ0n) is 18.0. The number of amides is 1. The van der Waals surface area contributed by atoms with Crippen LogP contribution in [0.15, 0.2) is 24.4 Å². The van der Waals surface area contributed by atoms with E-state index < -0.39 is 0 Å². The molecule has 0 spiro atoms. The van der Waals surface area contributed by atoms with Gasteiger partial charge in [-0.2, -0.15) is 5.10 Å². The molecule has 0 atom stereocenters. The minimum absolute atomic E-state index is 0. The summed E-state index contributed by atoms with van der Waals surface area (Å²) in [6.07, 6.45) is 2.57. The van der Waals surface area contributed by atoms with Crippen LogP contribution in [0.25, 0.3) is 10.2 Å². The number of aromatic nitrogens is 3. The molecule has 0 saturated heterocycles. The van der Waals surface area contributed by atoms with Crippen LogP contribution >= 0.6 is 23.7 Å². The Labute approximate surface area is 182 Å². The summed E-state index contributed by atoms with van der Waals surface area (Å²) >= 11 is 1.58. The lowest BCUT2D eigenvalue weighted by Gasteiger charge is -2.22. The van der Waals surface area contributed by atoms with Crippen LogP contribution in [0.4, 0.5) is 5.13 Å². The number of nitrogens with zero attached hydrogens (tertiary/aromatic N) is 5. The first-order chi connectivity index (χ1) is 13.3. The van der Waals surface area contributed by atoms with Gasteiger partial charge in [0.2, 0.25) is 0 Å². The highest BCUT2D eigenvalue weighted by Crippen LogP contribution is 2.32. The summed E-state index contributed by atoms with van der Waals surface area (Å²) < 4.78 is 2.89. The van der Waals surface area contributed by atoms with Crippen molar-refractivity contribution in [3.63, 3.8) is 0 Å². The van der Waals surface area contributed by atoms with Gasteiger partial charge >= 0.3 is 0 Å². The minimum Gasteiger partial charge on any atom is -0.309 e. The van der Waals surface area contributed by atoms with Crippen LogP contribution in [-0.4, -0.2) is 52.8 Å². The maximum atomic E-state index is 13.5. The lowest BCUT2D eigenvalue weighted by Crippen LogP contribution is -2.35. The molecule has 0 bridgehead atoms. The van der Waals surface area contributed by atoms with E-state index in [1.807, 2.05) is 32.8 Å². The number of fused-ring (bicyclic) bond motifs is 1. The SMILES string of the molecule is Cc1ccc2sc(N(CCCN(C)C)C(=O)c3ccnn3C(C)C)nc2c1C.Cl. The molecular weight excluding hydrogens is 406 g/mol. The molecule has 1 aromatic carbocycles. The lowest BCUT2D eigenvalue weighted by molar-refractivity contribution is 0.0974. The molecule has 0 saturated carbocycles. The summed E-state index contributed by atoms with van der Waals surface area (Å²) in [6, 6.07) is 6.13. The third-order valence-electron chi connectivity index (χ3n) is 4.92. The van der Waals surface area contributed by atoms with Crippen molar-refractivity contribution in [3.8, 4) is 0 Å². The average Bonchev–Trinajstić information content (AvgIpc) is 3.28. The molecule has 8 heteroatoms. The number of rotatable bonds is 7. The molecular formula is C21H30ClN5OS. The van der Waals surface area contributed by atoms with Gasteiger partial charge in [-0.3, -0.25) is 14.4 Å². The molecule has 3 aromatic rings. The third kappa shape index (κ3) is 4.97. The van der Waals surface area contributed by atoms with Crippen molar-refractivity contribution in [2.75, 3.05) is 32.1 Å². The van der Waals surface area contributed by atoms with Crippen molar-refractivity contribution in [2.45, 2.75) is 40.2 Å². The highest BCUT2D eigenvalue weighted by Gasteiger charge is 2.25. The largest absolute Gasteiger partial charge is 0.309 e. The van der Waals surface area contributed by atoms with Gasteiger partial charge in [0, 0.05) is 18.8 Å². The second kappa shape index (κ2) is 9.69. The predicted molar refractivity (Wildman–Crippen MR) is 124 cm³/mol. The summed E-state index contributed by atoms with van der Waals surface area (Å²) in [7, 11) is 4.09. The molecule has 0 aliphatic carbocycles. The van der Waals surface area contributed by atoms with E-state index in [0.717, 1.165) is 28.3 Å². The number of anilines is 1.